The SMILES string of the molecule is CN=C(NCCCCCC(=O)OC)NCCCc1ccccc1. The van der Waals surface area contributed by atoms with Crippen molar-refractivity contribution >= 4 is 11.9 Å². The Bertz CT molecular complexity index is 461. The van der Waals surface area contributed by atoms with Crippen molar-refractivity contribution in [1.29, 1.82) is 0 Å². The van der Waals surface area contributed by atoms with E-state index >= 15 is 0 Å². The first kappa shape index (κ1) is 19.0. The Morgan fingerprint density at radius 2 is 1.74 bits per heavy atom. The van der Waals surface area contributed by atoms with E-state index in [0.29, 0.717) is 6.42 Å². The molecule has 0 atom stereocenters. The van der Waals surface area contributed by atoms with Gasteiger partial charge >= 0.3 is 5.97 Å². The van der Waals surface area contributed by atoms with E-state index < -0.39 is 0 Å². The predicted octanol–water partition coefficient (Wildman–Crippen LogP) is 2.52. The van der Waals surface area contributed by atoms with Crippen LogP contribution in [-0.2, 0) is 16.0 Å². The maximum absolute atomic E-state index is 11.0. The Hall–Kier alpha value is -2.04. The van der Waals surface area contributed by atoms with E-state index in [4.69, 9.17) is 0 Å². The number of carbonyl (C=O) groups is 1. The highest BCUT2D eigenvalue weighted by atomic mass is 16.5. The summed E-state index contributed by atoms with van der Waals surface area (Å²) in [6.07, 6.45) is 5.54. The summed E-state index contributed by atoms with van der Waals surface area (Å²) in [6, 6.07) is 10.5. The van der Waals surface area contributed by atoms with Crippen molar-refractivity contribution in [2.75, 3.05) is 27.2 Å². The fourth-order valence-corrected chi connectivity index (χ4v) is 2.24. The molecular formula is C18H29N3O2. The fraction of sp³-hybridized carbons (Fsp3) is 0.556. The second kappa shape index (κ2) is 12.5. The Morgan fingerprint density at radius 1 is 1.04 bits per heavy atom. The maximum atomic E-state index is 11.0. The van der Waals surface area contributed by atoms with Crippen LogP contribution in [0.3, 0.4) is 0 Å². The van der Waals surface area contributed by atoms with Crippen molar-refractivity contribution in [2.45, 2.75) is 38.5 Å². The normalized spacial score (nSPS) is 11.1. The van der Waals surface area contributed by atoms with Crippen LogP contribution in [0, 0.1) is 0 Å². The van der Waals surface area contributed by atoms with E-state index in [2.05, 4.69) is 44.6 Å². The number of rotatable bonds is 10. The molecule has 0 unspecified atom stereocenters. The van der Waals surface area contributed by atoms with E-state index in [-0.39, 0.29) is 5.97 Å². The summed E-state index contributed by atoms with van der Waals surface area (Å²) in [5, 5.41) is 6.62. The summed E-state index contributed by atoms with van der Waals surface area (Å²) in [5.74, 6) is 0.708. The number of unbranched alkanes of at least 4 members (excludes halogenated alkanes) is 2. The zero-order chi connectivity index (χ0) is 16.8. The number of benzene rings is 1. The lowest BCUT2D eigenvalue weighted by atomic mass is 10.1. The number of hydrogen-bond donors (Lipinski definition) is 2. The summed E-state index contributed by atoms with van der Waals surface area (Å²) >= 11 is 0. The minimum absolute atomic E-state index is 0.131. The van der Waals surface area contributed by atoms with Gasteiger partial charge in [-0.15, -0.1) is 0 Å². The molecule has 0 spiro atoms. The van der Waals surface area contributed by atoms with Gasteiger partial charge in [0.2, 0.25) is 0 Å². The Kier molecular flexibility index (Phi) is 10.3. The molecule has 0 radical (unpaired) electrons. The number of carbonyl (C=O) groups excluding carboxylic acids is 1. The third-order valence-electron chi connectivity index (χ3n) is 3.58. The Morgan fingerprint density at radius 3 is 2.39 bits per heavy atom. The van der Waals surface area contributed by atoms with Gasteiger partial charge in [0.15, 0.2) is 5.96 Å². The highest BCUT2D eigenvalue weighted by molar-refractivity contribution is 5.79. The van der Waals surface area contributed by atoms with Gasteiger partial charge in [-0.05, 0) is 31.2 Å². The van der Waals surface area contributed by atoms with Crippen molar-refractivity contribution in [3.63, 3.8) is 0 Å². The number of aryl methyl sites for hydroxylation is 1. The second-order valence-corrected chi connectivity index (χ2v) is 5.40. The molecule has 0 aliphatic heterocycles. The molecule has 1 aromatic rings. The van der Waals surface area contributed by atoms with Gasteiger partial charge in [0.05, 0.1) is 7.11 Å². The lowest BCUT2D eigenvalue weighted by Gasteiger charge is -2.11. The zero-order valence-corrected chi connectivity index (χ0v) is 14.3. The number of methoxy groups -OCH3 is 1. The van der Waals surface area contributed by atoms with Crippen molar-refractivity contribution in [1.82, 2.24) is 10.6 Å². The van der Waals surface area contributed by atoms with Crippen LogP contribution in [0.4, 0.5) is 0 Å². The van der Waals surface area contributed by atoms with E-state index in [1.54, 1.807) is 7.05 Å². The fourth-order valence-electron chi connectivity index (χ4n) is 2.24. The van der Waals surface area contributed by atoms with E-state index in [1.807, 2.05) is 6.07 Å². The molecule has 0 aliphatic rings. The van der Waals surface area contributed by atoms with E-state index in [1.165, 1.54) is 12.7 Å². The van der Waals surface area contributed by atoms with Crippen LogP contribution in [0.15, 0.2) is 35.3 Å². The molecule has 2 N–H and O–H groups in total. The molecule has 0 saturated carbocycles. The lowest BCUT2D eigenvalue weighted by molar-refractivity contribution is -0.140. The molecule has 0 aromatic heterocycles. The number of hydrogen-bond acceptors (Lipinski definition) is 3. The number of nitrogens with one attached hydrogen (secondary N) is 2. The molecule has 1 aromatic carbocycles. The van der Waals surface area contributed by atoms with Gasteiger partial charge in [0.25, 0.3) is 0 Å². The first-order chi connectivity index (χ1) is 11.3. The van der Waals surface area contributed by atoms with Crippen LogP contribution in [-0.4, -0.2) is 39.2 Å². The van der Waals surface area contributed by atoms with Crippen molar-refractivity contribution < 1.29 is 9.53 Å². The first-order valence-electron chi connectivity index (χ1n) is 8.31. The first-order valence-corrected chi connectivity index (χ1v) is 8.31. The van der Waals surface area contributed by atoms with E-state index in [0.717, 1.165) is 51.2 Å². The van der Waals surface area contributed by atoms with Crippen LogP contribution >= 0.6 is 0 Å². The van der Waals surface area contributed by atoms with Gasteiger partial charge < -0.3 is 15.4 Å². The third kappa shape index (κ3) is 9.55. The molecule has 23 heavy (non-hydrogen) atoms. The van der Waals surface area contributed by atoms with Crippen LogP contribution < -0.4 is 10.6 Å². The topological polar surface area (TPSA) is 62.7 Å². The highest BCUT2D eigenvalue weighted by Crippen LogP contribution is 2.01. The quantitative estimate of drug-likeness (QED) is 0.301. The van der Waals surface area contributed by atoms with Gasteiger partial charge in [-0.25, -0.2) is 0 Å². The molecular weight excluding hydrogens is 290 g/mol. The molecule has 1 rings (SSSR count). The summed E-state index contributed by atoms with van der Waals surface area (Å²) in [5.41, 5.74) is 1.36. The van der Waals surface area contributed by atoms with Crippen LogP contribution in [0.25, 0.3) is 0 Å². The van der Waals surface area contributed by atoms with Crippen LogP contribution in [0.5, 0.6) is 0 Å². The number of nitrogens with zero attached hydrogens (tertiary/aromatic N) is 1. The minimum Gasteiger partial charge on any atom is -0.469 e. The van der Waals surface area contributed by atoms with Crippen LogP contribution in [0.1, 0.15) is 37.7 Å². The van der Waals surface area contributed by atoms with Crippen molar-refractivity contribution in [3.05, 3.63) is 35.9 Å². The third-order valence-corrected chi connectivity index (χ3v) is 3.58. The Balaban J connectivity index is 2.03. The summed E-state index contributed by atoms with van der Waals surface area (Å²) < 4.78 is 4.62. The summed E-state index contributed by atoms with van der Waals surface area (Å²) in [6.45, 7) is 1.76. The summed E-state index contributed by atoms with van der Waals surface area (Å²) in [7, 11) is 3.21. The average Bonchev–Trinajstić information content (AvgIpc) is 2.60. The van der Waals surface area contributed by atoms with Crippen molar-refractivity contribution in [2.24, 2.45) is 4.99 Å². The smallest absolute Gasteiger partial charge is 0.305 e. The largest absolute Gasteiger partial charge is 0.469 e. The van der Waals surface area contributed by atoms with Gasteiger partial charge in [0.1, 0.15) is 0 Å². The average molecular weight is 319 g/mol. The monoisotopic (exact) mass is 319 g/mol. The molecule has 5 nitrogen and oxygen atoms in total. The van der Waals surface area contributed by atoms with Gasteiger partial charge in [-0.3, -0.25) is 9.79 Å². The number of ether oxygens (including phenoxy) is 1. The second-order valence-electron chi connectivity index (χ2n) is 5.40. The van der Waals surface area contributed by atoms with Crippen molar-refractivity contribution in [3.8, 4) is 0 Å². The molecule has 0 bridgehead atoms. The van der Waals surface area contributed by atoms with E-state index in [9.17, 15) is 4.79 Å². The molecule has 0 amide bonds. The molecule has 128 valence electrons. The van der Waals surface area contributed by atoms with Crippen LogP contribution in [0.2, 0.25) is 0 Å². The number of aliphatic imine (C=N–C) groups is 1. The standard InChI is InChI=1S/C18H29N3O2/c1-19-18(20-14-8-4-7-13-17(22)23-2)21-15-9-12-16-10-5-3-6-11-16/h3,5-6,10-11H,4,7-9,12-15H2,1-2H3,(H2,19,20,21). The predicted molar refractivity (Wildman–Crippen MR) is 94.6 cm³/mol. The van der Waals surface area contributed by atoms with Gasteiger partial charge in [-0.2, -0.15) is 0 Å². The minimum atomic E-state index is -0.131. The maximum Gasteiger partial charge on any atom is 0.305 e. The highest BCUT2D eigenvalue weighted by Gasteiger charge is 2.00. The molecule has 0 aliphatic carbocycles. The zero-order valence-electron chi connectivity index (χ0n) is 14.3. The lowest BCUT2D eigenvalue weighted by Crippen LogP contribution is -2.38. The molecule has 0 saturated heterocycles. The molecule has 0 fully saturated rings. The molecule has 5 heteroatoms. The Labute approximate surface area is 139 Å². The molecule has 0 heterocycles. The number of guanidine groups is 1. The van der Waals surface area contributed by atoms with Gasteiger partial charge in [0, 0.05) is 26.6 Å². The number of esters is 1. The summed E-state index contributed by atoms with van der Waals surface area (Å²) in [4.78, 5) is 15.2. The van der Waals surface area contributed by atoms with Gasteiger partial charge in [-0.1, -0.05) is 36.8 Å².